The van der Waals surface area contributed by atoms with Gasteiger partial charge in [-0.25, -0.2) is 14.8 Å². The monoisotopic (exact) mass is 766 g/mol. The Hall–Kier alpha value is -5.05. The number of rotatable bonds is 12. The van der Waals surface area contributed by atoms with Gasteiger partial charge in [0.25, 0.3) is 0 Å². The summed E-state index contributed by atoms with van der Waals surface area (Å²) in [5, 5.41) is 5.94. The quantitative estimate of drug-likeness (QED) is 0.126. The average Bonchev–Trinajstić information content (AvgIpc) is 3.99. The second-order valence-corrected chi connectivity index (χ2v) is 15.9. The van der Waals surface area contributed by atoms with Crippen molar-refractivity contribution in [2.24, 2.45) is 11.8 Å². The number of aromatic nitrogens is 4. The molecule has 0 spiro atoms. The van der Waals surface area contributed by atoms with Gasteiger partial charge in [0.2, 0.25) is 18.2 Å². The third-order valence-electron chi connectivity index (χ3n) is 11.5. The molecule has 5 heterocycles. The van der Waals surface area contributed by atoms with E-state index in [1.807, 2.05) is 56.8 Å². The Kier molecular flexibility index (Phi) is 11.6. The van der Waals surface area contributed by atoms with Gasteiger partial charge in [0.05, 0.1) is 49.0 Å². The number of alkyl carbamates (subject to hydrolysis) is 1. The Morgan fingerprint density at radius 1 is 0.696 bits per heavy atom. The predicted octanol–water partition coefficient (Wildman–Crippen LogP) is 6.52. The number of nitrogens with zero attached hydrogens (tertiary/aromatic N) is 4. The number of hydrogen-bond donors (Lipinski definition) is 4. The van der Waals surface area contributed by atoms with Crippen LogP contribution in [0.3, 0.4) is 0 Å². The fourth-order valence-corrected chi connectivity index (χ4v) is 8.19. The second-order valence-electron chi connectivity index (χ2n) is 15.9. The summed E-state index contributed by atoms with van der Waals surface area (Å²) in [5.41, 5.74) is 5.91. The Labute approximate surface area is 328 Å². The standard InChI is InChI=1S/C42H54N8O6/c1-23(2)35(47-41(53)54-7)39(51)49-25(5)8-18-33(49)37-43-20-31(45-37)29-14-10-27(11-15-29)28-12-16-30(17-13-28)32-21-44-38(46-32)34-19-9-26(6)50(34)40(52)36(24(3)4)48-42-55-22-56-42/h10-17,20-21,23-26,33-36,42,48H,8-9,18-19,22H2,1-7H3,(H,43,45)(H,44,46)(H,47,53)/t25-,26-,33-,34-,35-,36-/m0/s1. The maximum atomic E-state index is 13.9. The van der Waals surface area contributed by atoms with E-state index in [4.69, 9.17) is 24.2 Å². The molecule has 14 heteroatoms. The van der Waals surface area contributed by atoms with E-state index in [2.05, 4.69) is 76.1 Å². The molecule has 4 aromatic rings. The number of ether oxygens (including phenoxy) is 3. The number of aromatic amines is 2. The molecule has 3 aliphatic heterocycles. The second kappa shape index (κ2) is 16.6. The van der Waals surface area contributed by atoms with Gasteiger partial charge < -0.3 is 39.3 Å². The van der Waals surface area contributed by atoms with E-state index < -0.39 is 24.6 Å². The van der Waals surface area contributed by atoms with Crippen LogP contribution < -0.4 is 10.6 Å². The van der Waals surface area contributed by atoms with E-state index in [1.54, 1.807) is 0 Å². The number of likely N-dealkylation sites (tertiary alicyclic amines) is 2. The first-order valence-electron chi connectivity index (χ1n) is 19.7. The molecule has 0 saturated carbocycles. The molecule has 2 aromatic heterocycles. The molecule has 0 radical (unpaired) electrons. The lowest BCUT2D eigenvalue weighted by molar-refractivity contribution is -0.335. The van der Waals surface area contributed by atoms with Gasteiger partial charge in [-0.15, -0.1) is 0 Å². The van der Waals surface area contributed by atoms with Crippen LogP contribution in [0.25, 0.3) is 33.6 Å². The topological polar surface area (TPSA) is 167 Å². The summed E-state index contributed by atoms with van der Waals surface area (Å²) >= 11 is 0. The average molecular weight is 767 g/mol. The molecule has 56 heavy (non-hydrogen) atoms. The zero-order chi connectivity index (χ0) is 39.7. The number of carbonyl (C=O) groups is 3. The fourth-order valence-electron chi connectivity index (χ4n) is 8.19. The van der Waals surface area contributed by atoms with Gasteiger partial charge >= 0.3 is 6.09 Å². The van der Waals surface area contributed by atoms with Crippen LogP contribution in [-0.2, 0) is 23.8 Å². The Bertz CT molecular complexity index is 1990. The summed E-state index contributed by atoms with van der Waals surface area (Å²) in [4.78, 5) is 59.9. The molecule has 7 rings (SSSR count). The van der Waals surface area contributed by atoms with Crippen LogP contribution in [0.15, 0.2) is 60.9 Å². The van der Waals surface area contributed by atoms with E-state index in [1.165, 1.54) is 7.11 Å². The number of imidazole rings is 2. The SMILES string of the molecule is COC(=O)N[C@H](C(=O)N1[C@@H](C)CC[C@H]1c1ncc(-c2ccc(-c3ccc(-c4cnc([C@@H]5CC[C@H](C)N5C(=O)[C@@H](NC5OCO5)C(C)C)[nH]4)cc3)cc2)[nH]1)C(C)C. The van der Waals surface area contributed by atoms with Gasteiger partial charge in [-0.1, -0.05) is 76.2 Å². The molecular weight excluding hydrogens is 713 g/mol. The number of benzene rings is 2. The summed E-state index contributed by atoms with van der Waals surface area (Å²) in [5.74, 6) is 1.36. The van der Waals surface area contributed by atoms with E-state index in [0.29, 0.717) is 0 Å². The third-order valence-corrected chi connectivity index (χ3v) is 11.5. The number of methoxy groups -OCH3 is 1. The van der Waals surface area contributed by atoms with Crippen LogP contribution in [0.5, 0.6) is 0 Å². The highest BCUT2D eigenvalue weighted by molar-refractivity contribution is 5.87. The van der Waals surface area contributed by atoms with Gasteiger partial charge in [0.15, 0.2) is 6.79 Å². The van der Waals surface area contributed by atoms with Crippen LogP contribution in [0.2, 0.25) is 0 Å². The molecule has 0 aliphatic carbocycles. The number of H-pyrrole nitrogens is 2. The van der Waals surface area contributed by atoms with Crippen molar-refractivity contribution in [3.63, 3.8) is 0 Å². The fraction of sp³-hybridized carbons (Fsp3) is 0.500. The first-order valence-corrected chi connectivity index (χ1v) is 19.7. The van der Waals surface area contributed by atoms with Crippen molar-refractivity contribution in [1.29, 1.82) is 0 Å². The first-order chi connectivity index (χ1) is 26.9. The number of amides is 3. The lowest BCUT2D eigenvalue weighted by Crippen LogP contribution is -2.57. The lowest BCUT2D eigenvalue weighted by Gasteiger charge is -2.37. The minimum Gasteiger partial charge on any atom is -0.453 e. The van der Waals surface area contributed by atoms with Gasteiger partial charge in [-0.05, 0) is 73.6 Å². The highest BCUT2D eigenvalue weighted by Gasteiger charge is 2.43. The third kappa shape index (κ3) is 7.95. The van der Waals surface area contributed by atoms with Crippen LogP contribution in [0.4, 0.5) is 4.79 Å². The molecule has 6 atom stereocenters. The maximum absolute atomic E-state index is 13.9. The molecular formula is C42H54N8O6. The summed E-state index contributed by atoms with van der Waals surface area (Å²) in [6.45, 7) is 12.2. The molecule has 0 bridgehead atoms. The maximum Gasteiger partial charge on any atom is 0.407 e. The van der Waals surface area contributed by atoms with Crippen molar-refractivity contribution >= 4 is 17.9 Å². The highest BCUT2D eigenvalue weighted by Crippen LogP contribution is 2.38. The van der Waals surface area contributed by atoms with Crippen LogP contribution in [0.1, 0.15) is 91.0 Å². The molecule has 0 unspecified atom stereocenters. The smallest absolute Gasteiger partial charge is 0.407 e. The molecule has 3 saturated heterocycles. The van der Waals surface area contributed by atoms with Crippen molar-refractivity contribution in [3.05, 3.63) is 72.6 Å². The van der Waals surface area contributed by atoms with Crippen LogP contribution in [0, 0.1) is 11.8 Å². The minimum absolute atomic E-state index is 0.00818. The van der Waals surface area contributed by atoms with Crippen molar-refractivity contribution in [3.8, 4) is 33.6 Å². The van der Waals surface area contributed by atoms with Crippen molar-refractivity contribution in [1.82, 2.24) is 40.4 Å². The number of carbonyl (C=O) groups excluding carboxylic acids is 3. The molecule has 298 valence electrons. The van der Waals surface area contributed by atoms with Gasteiger partial charge in [0, 0.05) is 12.1 Å². The Morgan fingerprint density at radius 2 is 1.12 bits per heavy atom. The normalized spacial score (nSPS) is 22.4. The molecule has 2 aromatic carbocycles. The van der Waals surface area contributed by atoms with Crippen LogP contribution >= 0.6 is 0 Å². The lowest BCUT2D eigenvalue weighted by atomic mass is 10.0. The van der Waals surface area contributed by atoms with Crippen molar-refractivity contribution < 1.29 is 28.6 Å². The number of nitrogens with one attached hydrogen (secondary N) is 4. The van der Waals surface area contributed by atoms with E-state index in [9.17, 15) is 14.4 Å². The molecule has 14 nitrogen and oxygen atoms in total. The Morgan fingerprint density at radius 3 is 1.52 bits per heavy atom. The van der Waals surface area contributed by atoms with Gasteiger partial charge in [0.1, 0.15) is 17.7 Å². The van der Waals surface area contributed by atoms with Crippen LogP contribution in [-0.4, -0.2) is 92.1 Å². The van der Waals surface area contributed by atoms with Crippen molar-refractivity contribution in [2.45, 2.75) is 110 Å². The number of hydrogen-bond acceptors (Lipinski definition) is 9. The largest absolute Gasteiger partial charge is 0.453 e. The minimum atomic E-state index is -0.697. The van der Waals surface area contributed by atoms with Gasteiger partial charge in [-0.2, -0.15) is 0 Å². The van der Waals surface area contributed by atoms with E-state index in [0.717, 1.165) is 71.0 Å². The summed E-state index contributed by atoms with van der Waals surface area (Å²) in [7, 11) is 1.30. The zero-order valence-corrected chi connectivity index (χ0v) is 33.2. The molecule has 4 N–H and O–H groups in total. The molecule has 3 fully saturated rings. The summed E-state index contributed by atoms with van der Waals surface area (Å²) < 4.78 is 15.5. The van der Waals surface area contributed by atoms with Crippen molar-refractivity contribution in [2.75, 3.05) is 13.9 Å². The van der Waals surface area contributed by atoms with E-state index in [-0.39, 0.29) is 54.6 Å². The zero-order valence-electron chi connectivity index (χ0n) is 33.2. The first kappa shape index (κ1) is 39.2. The highest BCUT2D eigenvalue weighted by atomic mass is 16.9. The summed E-state index contributed by atoms with van der Waals surface area (Å²) in [6, 6.07) is 15.3. The predicted molar refractivity (Wildman–Crippen MR) is 210 cm³/mol. The molecule has 3 amide bonds. The molecule has 3 aliphatic rings. The van der Waals surface area contributed by atoms with E-state index >= 15 is 0 Å². The summed E-state index contributed by atoms with van der Waals surface area (Å²) in [6.07, 6.45) is 5.85. The van der Waals surface area contributed by atoms with Gasteiger partial charge in [-0.3, -0.25) is 14.9 Å². The Balaban J connectivity index is 1.01.